The molecule has 0 unspecified atom stereocenters. The van der Waals surface area contributed by atoms with Gasteiger partial charge in [0.15, 0.2) is 0 Å². The van der Waals surface area contributed by atoms with Gasteiger partial charge in [0.05, 0.1) is 13.2 Å². The van der Waals surface area contributed by atoms with Crippen molar-refractivity contribution in [3.63, 3.8) is 0 Å². The highest BCUT2D eigenvalue weighted by Gasteiger charge is 1.93. The highest BCUT2D eigenvalue weighted by molar-refractivity contribution is 7.99. The molecule has 19 heavy (non-hydrogen) atoms. The van der Waals surface area contributed by atoms with Crippen molar-refractivity contribution < 1.29 is 4.74 Å². The van der Waals surface area contributed by atoms with E-state index in [1.54, 1.807) is 0 Å². The maximum Gasteiger partial charge on any atom is 0.0557 e. The lowest BCUT2D eigenvalue weighted by molar-refractivity contribution is 0.167. The van der Waals surface area contributed by atoms with Crippen molar-refractivity contribution in [2.75, 3.05) is 36.2 Å². The highest BCUT2D eigenvalue weighted by atomic mass is 32.2. The number of thioether (sulfide) groups is 2. The second-order valence-electron chi connectivity index (χ2n) is 4.96. The summed E-state index contributed by atoms with van der Waals surface area (Å²) in [5, 5.41) is 0. The van der Waals surface area contributed by atoms with E-state index in [4.69, 9.17) is 4.74 Å². The molecule has 0 N–H and O–H groups in total. The Morgan fingerprint density at radius 1 is 0.579 bits per heavy atom. The van der Waals surface area contributed by atoms with Gasteiger partial charge in [0.25, 0.3) is 0 Å². The Bertz CT molecular complexity index is 138. The van der Waals surface area contributed by atoms with Crippen molar-refractivity contribution in [1.82, 2.24) is 0 Å². The molecule has 0 saturated heterocycles. The number of rotatable bonds is 16. The Morgan fingerprint density at radius 2 is 1.05 bits per heavy atom. The van der Waals surface area contributed by atoms with Crippen LogP contribution in [0.5, 0.6) is 0 Å². The molecular weight excluding hydrogens is 272 g/mol. The average molecular weight is 307 g/mol. The molecule has 116 valence electrons. The SMILES string of the molecule is CCCCCCSCCOCCSCCCCCC. The van der Waals surface area contributed by atoms with Gasteiger partial charge in [0, 0.05) is 11.5 Å². The van der Waals surface area contributed by atoms with E-state index in [1.165, 1.54) is 74.4 Å². The van der Waals surface area contributed by atoms with E-state index < -0.39 is 0 Å². The lowest BCUT2D eigenvalue weighted by Gasteiger charge is -2.04. The van der Waals surface area contributed by atoms with Gasteiger partial charge in [-0.25, -0.2) is 0 Å². The minimum absolute atomic E-state index is 0.939. The minimum Gasteiger partial charge on any atom is -0.380 e. The van der Waals surface area contributed by atoms with Crippen molar-refractivity contribution in [2.45, 2.75) is 65.2 Å². The van der Waals surface area contributed by atoms with E-state index in [1.807, 2.05) is 23.5 Å². The standard InChI is InChI=1S/C16H34OS2/c1-3-5-7-9-13-18-15-11-17-12-16-19-14-10-8-6-4-2/h3-16H2,1-2H3. The third-order valence-corrected chi connectivity index (χ3v) is 5.09. The molecule has 0 aromatic carbocycles. The van der Waals surface area contributed by atoms with Crippen LogP contribution >= 0.6 is 23.5 Å². The van der Waals surface area contributed by atoms with Crippen LogP contribution in [0.25, 0.3) is 0 Å². The van der Waals surface area contributed by atoms with Crippen LogP contribution in [0.15, 0.2) is 0 Å². The van der Waals surface area contributed by atoms with E-state index in [0.717, 1.165) is 13.2 Å². The molecule has 0 bridgehead atoms. The average Bonchev–Trinajstić information content (AvgIpc) is 2.43. The number of unbranched alkanes of at least 4 members (excludes halogenated alkanes) is 6. The van der Waals surface area contributed by atoms with Crippen LogP contribution < -0.4 is 0 Å². The summed E-state index contributed by atoms with van der Waals surface area (Å²) in [4.78, 5) is 0. The molecule has 0 spiro atoms. The summed E-state index contributed by atoms with van der Waals surface area (Å²) in [7, 11) is 0. The van der Waals surface area contributed by atoms with Crippen molar-refractivity contribution >= 4 is 23.5 Å². The van der Waals surface area contributed by atoms with Gasteiger partial charge in [-0.3, -0.25) is 0 Å². The monoisotopic (exact) mass is 306 g/mol. The molecule has 0 radical (unpaired) electrons. The summed E-state index contributed by atoms with van der Waals surface area (Å²) in [6.07, 6.45) is 11.0. The molecule has 0 atom stereocenters. The Labute approximate surface area is 130 Å². The van der Waals surface area contributed by atoms with Gasteiger partial charge >= 0.3 is 0 Å². The van der Waals surface area contributed by atoms with Gasteiger partial charge in [-0.15, -0.1) is 0 Å². The van der Waals surface area contributed by atoms with E-state index in [-0.39, 0.29) is 0 Å². The van der Waals surface area contributed by atoms with Crippen molar-refractivity contribution in [2.24, 2.45) is 0 Å². The van der Waals surface area contributed by atoms with Crippen LogP contribution in [0.3, 0.4) is 0 Å². The summed E-state index contributed by atoms with van der Waals surface area (Å²) in [5.41, 5.74) is 0. The molecule has 0 fully saturated rings. The van der Waals surface area contributed by atoms with E-state index in [9.17, 15) is 0 Å². The quantitative estimate of drug-likeness (QED) is 0.342. The maximum atomic E-state index is 5.65. The highest BCUT2D eigenvalue weighted by Crippen LogP contribution is 2.09. The van der Waals surface area contributed by atoms with Crippen LogP contribution in [0.4, 0.5) is 0 Å². The fourth-order valence-electron chi connectivity index (χ4n) is 1.80. The van der Waals surface area contributed by atoms with E-state index >= 15 is 0 Å². The van der Waals surface area contributed by atoms with Crippen LogP contribution in [0.1, 0.15) is 65.2 Å². The molecule has 0 aromatic rings. The Balaban J connectivity index is 2.88. The zero-order valence-corrected chi connectivity index (χ0v) is 14.8. The predicted molar refractivity (Wildman–Crippen MR) is 93.8 cm³/mol. The second kappa shape index (κ2) is 18.7. The first-order valence-corrected chi connectivity index (χ1v) is 10.5. The Morgan fingerprint density at radius 3 is 1.47 bits per heavy atom. The van der Waals surface area contributed by atoms with Crippen LogP contribution in [0.2, 0.25) is 0 Å². The largest absolute Gasteiger partial charge is 0.380 e. The first-order chi connectivity index (χ1) is 9.41. The van der Waals surface area contributed by atoms with Gasteiger partial charge in [-0.2, -0.15) is 23.5 Å². The topological polar surface area (TPSA) is 9.23 Å². The smallest absolute Gasteiger partial charge is 0.0557 e. The van der Waals surface area contributed by atoms with Gasteiger partial charge in [0.1, 0.15) is 0 Å². The fraction of sp³-hybridized carbons (Fsp3) is 1.00. The van der Waals surface area contributed by atoms with Crippen LogP contribution in [0, 0.1) is 0 Å². The molecular formula is C16H34OS2. The summed E-state index contributed by atoms with van der Waals surface area (Å²) < 4.78 is 5.65. The second-order valence-corrected chi connectivity index (χ2v) is 7.41. The first-order valence-electron chi connectivity index (χ1n) is 8.15. The fourth-order valence-corrected chi connectivity index (χ4v) is 3.50. The molecule has 3 heteroatoms. The number of ether oxygens (including phenoxy) is 1. The van der Waals surface area contributed by atoms with Crippen LogP contribution in [-0.4, -0.2) is 36.2 Å². The number of hydrogen-bond donors (Lipinski definition) is 0. The van der Waals surface area contributed by atoms with Gasteiger partial charge in [-0.1, -0.05) is 52.4 Å². The van der Waals surface area contributed by atoms with Gasteiger partial charge < -0.3 is 4.74 Å². The third-order valence-electron chi connectivity index (χ3n) is 3.03. The summed E-state index contributed by atoms with van der Waals surface area (Å²) in [6, 6.07) is 0. The molecule has 0 amide bonds. The van der Waals surface area contributed by atoms with Crippen molar-refractivity contribution in [3.8, 4) is 0 Å². The normalized spacial score (nSPS) is 11.1. The zero-order chi connectivity index (χ0) is 14.0. The summed E-state index contributed by atoms with van der Waals surface area (Å²) in [6.45, 7) is 6.41. The van der Waals surface area contributed by atoms with Crippen LogP contribution in [-0.2, 0) is 4.74 Å². The zero-order valence-electron chi connectivity index (χ0n) is 13.1. The minimum atomic E-state index is 0.939. The van der Waals surface area contributed by atoms with Crippen molar-refractivity contribution in [1.29, 1.82) is 0 Å². The van der Waals surface area contributed by atoms with Gasteiger partial charge in [-0.05, 0) is 24.3 Å². The molecule has 0 aromatic heterocycles. The van der Waals surface area contributed by atoms with E-state index in [2.05, 4.69) is 13.8 Å². The summed E-state index contributed by atoms with van der Waals surface area (Å²) >= 11 is 4.10. The molecule has 0 aliphatic carbocycles. The first kappa shape index (κ1) is 19.7. The molecule has 0 heterocycles. The lowest BCUT2D eigenvalue weighted by atomic mass is 10.2. The number of hydrogen-bond acceptors (Lipinski definition) is 3. The molecule has 0 aliphatic heterocycles. The Kier molecular flexibility index (Phi) is 19.3. The van der Waals surface area contributed by atoms with Crippen molar-refractivity contribution in [3.05, 3.63) is 0 Å². The molecule has 0 saturated carbocycles. The molecule has 0 rings (SSSR count). The third kappa shape index (κ3) is 18.7. The predicted octanol–water partition coefficient (Wildman–Crippen LogP) is 5.63. The molecule has 1 nitrogen and oxygen atoms in total. The summed E-state index contributed by atoms with van der Waals surface area (Å²) in [5.74, 6) is 4.98. The van der Waals surface area contributed by atoms with Gasteiger partial charge in [0.2, 0.25) is 0 Å². The Hall–Kier alpha value is 0.660. The van der Waals surface area contributed by atoms with E-state index in [0.29, 0.717) is 0 Å². The lowest BCUT2D eigenvalue weighted by Crippen LogP contribution is -2.02. The molecule has 0 aliphatic rings. The maximum absolute atomic E-state index is 5.65.